The van der Waals surface area contributed by atoms with E-state index in [1.165, 1.54) is 9.03 Å². The first-order valence-electron chi connectivity index (χ1n) is 6.90. The second kappa shape index (κ2) is 6.96. The number of benzene rings is 1. The molecule has 0 radical (unpaired) electrons. The minimum atomic E-state index is -4.68. The number of hydrogen-bond acceptors (Lipinski definition) is 5. The van der Waals surface area contributed by atoms with Gasteiger partial charge in [-0.15, -0.1) is 0 Å². The number of alkyl halides is 3. The lowest BCUT2D eigenvalue weighted by Gasteiger charge is -2.26. The maximum atomic E-state index is 12.4. The molecule has 1 heterocycles. The Bertz CT molecular complexity index is 771. The zero-order chi connectivity index (χ0) is 18.0. The van der Waals surface area contributed by atoms with Crippen molar-refractivity contribution in [1.29, 1.82) is 0 Å². The van der Waals surface area contributed by atoms with E-state index in [-0.39, 0.29) is 18.0 Å². The van der Waals surface area contributed by atoms with Crippen molar-refractivity contribution in [3.8, 4) is 0 Å². The maximum absolute atomic E-state index is 12.4. The molecule has 0 atom stereocenters. The number of rotatable bonds is 5. The van der Waals surface area contributed by atoms with Gasteiger partial charge in [0.1, 0.15) is 6.54 Å². The van der Waals surface area contributed by atoms with Crippen LogP contribution in [0.3, 0.4) is 0 Å². The van der Waals surface area contributed by atoms with E-state index in [0.29, 0.717) is 13.1 Å². The highest BCUT2D eigenvalue weighted by molar-refractivity contribution is 7.89. The lowest BCUT2D eigenvalue weighted by Crippen LogP contribution is -2.46. The third-order valence-electron chi connectivity index (χ3n) is 3.31. The van der Waals surface area contributed by atoms with Crippen LogP contribution in [0.4, 0.5) is 13.2 Å². The third kappa shape index (κ3) is 4.66. The molecule has 2 N–H and O–H groups in total. The molecule has 1 aliphatic heterocycles. The Labute approximate surface area is 137 Å². The summed E-state index contributed by atoms with van der Waals surface area (Å²) in [6, 6.07) is 4.07. The molecule has 1 aromatic carbocycles. The highest BCUT2D eigenvalue weighted by Crippen LogP contribution is 2.20. The van der Waals surface area contributed by atoms with E-state index >= 15 is 0 Å². The van der Waals surface area contributed by atoms with Gasteiger partial charge in [-0.2, -0.15) is 17.5 Å². The fourth-order valence-corrected chi connectivity index (χ4v) is 4.54. The molecule has 0 amide bonds. The van der Waals surface area contributed by atoms with Crippen LogP contribution in [0.5, 0.6) is 0 Å². The standard InChI is InChI=1S/C12H16F3N3O4S2/c13-12(14,15)9-17-23(19,20)10-1-3-11(4-2-10)24(21,22)18-7-5-16-6-8-18/h1-4,16-17H,5-9H2. The summed E-state index contributed by atoms with van der Waals surface area (Å²) in [5.41, 5.74) is 0. The van der Waals surface area contributed by atoms with Gasteiger partial charge >= 0.3 is 6.18 Å². The predicted octanol–water partition coefficient (Wildman–Crippen LogP) is 0.121. The molecule has 0 spiro atoms. The summed E-state index contributed by atoms with van der Waals surface area (Å²) in [6.45, 7) is -0.110. The first-order valence-corrected chi connectivity index (χ1v) is 9.82. The van der Waals surface area contributed by atoms with Crippen LogP contribution >= 0.6 is 0 Å². The SMILES string of the molecule is O=S(=O)(NCC(F)(F)F)c1ccc(S(=O)(=O)N2CCNCC2)cc1. The van der Waals surface area contributed by atoms with Crippen LogP contribution in [0.25, 0.3) is 0 Å². The summed E-state index contributed by atoms with van der Waals surface area (Å²) in [5, 5.41) is 3.01. The summed E-state index contributed by atoms with van der Waals surface area (Å²) >= 11 is 0. The molecule has 1 aliphatic rings. The Balaban J connectivity index is 2.18. The predicted molar refractivity (Wildman–Crippen MR) is 79.3 cm³/mol. The van der Waals surface area contributed by atoms with E-state index in [1.807, 2.05) is 0 Å². The van der Waals surface area contributed by atoms with Crippen molar-refractivity contribution in [3.05, 3.63) is 24.3 Å². The van der Waals surface area contributed by atoms with Gasteiger partial charge in [0.05, 0.1) is 9.79 Å². The molecule has 0 saturated carbocycles. The Morgan fingerprint density at radius 1 is 1.00 bits per heavy atom. The van der Waals surface area contributed by atoms with Gasteiger partial charge in [-0.3, -0.25) is 0 Å². The smallest absolute Gasteiger partial charge is 0.314 e. The highest BCUT2D eigenvalue weighted by Gasteiger charge is 2.30. The number of nitrogens with one attached hydrogen (secondary N) is 2. The minimum Gasteiger partial charge on any atom is -0.314 e. The summed E-state index contributed by atoms with van der Waals surface area (Å²) < 4.78 is 87.3. The van der Waals surface area contributed by atoms with Crippen LogP contribution in [0.1, 0.15) is 0 Å². The van der Waals surface area contributed by atoms with Crippen molar-refractivity contribution >= 4 is 20.0 Å². The second-order valence-electron chi connectivity index (χ2n) is 5.07. The number of halogens is 3. The number of sulfonamides is 2. The van der Waals surface area contributed by atoms with Gasteiger partial charge in [0, 0.05) is 26.2 Å². The lowest BCUT2D eigenvalue weighted by atomic mass is 10.4. The summed E-state index contributed by atoms with van der Waals surface area (Å²) in [7, 11) is -8.13. The van der Waals surface area contributed by atoms with E-state index in [4.69, 9.17) is 0 Å². The van der Waals surface area contributed by atoms with Crippen molar-refractivity contribution in [2.75, 3.05) is 32.7 Å². The first kappa shape index (κ1) is 19.1. The van der Waals surface area contributed by atoms with Gasteiger partial charge in [-0.25, -0.2) is 21.6 Å². The minimum absolute atomic E-state index is 0.112. The van der Waals surface area contributed by atoms with E-state index in [2.05, 4.69) is 5.32 Å². The molecule has 1 saturated heterocycles. The topological polar surface area (TPSA) is 95.6 Å². The van der Waals surface area contributed by atoms with Gasteiger partial charge in [0.2, 0.25) is 20.0 Å². The Morgan fingerprint density at radius 2 is 1.50 bits per heavy atom. The number of piperazine rings is 1. The molecular formula is C12H16F3N3O4S2. The van der Waals surface area contributed by atoms with Crippen LogP contribution in [-0.2, 0) is 20.0 Å². The summed E-state index contributed by atoms with van der Waals surface area (Å²) in [4.78, 5) is -0.551. The molecule has 0 bridgehead atoms. The van der Waals surface area contributed by atoms with Gasteiger partial charge < -0.3 is 5.32 Å². The molecule has 2 rings (SSSR count). The van der Waals surface area contributed by atoms with Gasteiger partial charge in [0.15, 0.2) is 0 Å². The van der Waals surface area contributed by atoms with E-state index in [9.17, 15) is 30.0 Å². The monoisotopic (exact) mass is 387 g/mol. The largest absolute Gasteiger partial charge is 0.402 e. The van der Waals surface area contributed by atoms with Crippen molar-refractivity contribution in [1.82, 2.24) is 14.3 Å². The zero-order valence-corrected chi connectivity index (χ0v) is 14.0. The molecule has 1 aromatic rings. The molecule has 24 heavy (non-hydrogen) atoms. The van der Waals surface area contributed by atoms with Crippen molar-refractivity contribution < 1.29 is 30.0 Å². The molecule has 0 aliphatic carbocycles. The number of nitrogens with zero attached hydrogens (tertiary/aromatic N) is 1. The first-order chi connectivity index (χ1) is 11.0. The molecule has 12 heteroatoms. The molecule has 0 aromatic heterocycles. The average molecular weight is 387 g/mol. The highest BCUT2D eigenvalue weighted by atomic mass is 32.2. The van der Waals surface area contributed by atoms with Gasteiger partial charge in [0.25, 0.3) is 0 Å². The van der Waals surface area contributed by atoms with E-state index in [0.717, 1.165) is 24.3 Å². The van der Waals surface area contributed by atoms with Gasteiger partial charge in [-0.1, -0.05) is 0 Å². The average Bonchev–Trinajstić information content (AvgIpc) is 2.53. The van der Waals surface area contributed by atoms with Crippen LogP contribution < -0.4 is 10.0 Å². The van der Waals surface area contributed by atoms with Crippen molar-refractivity contribution in [2.45, 2.75) is 16.0 Å². The Kier molecular flexibility index (Phi) is 5.54. The zero-order valence-electron chi connectivity index (χ0n) is 12.4. The molecule has 0 unspecified atom stereocenters. The summed E-state index contributed by atoms with van der Waals surface area (Å²) in [6.07, 6.45) is -4.68. The van der Waals surface area contributed by atoms with Crippen LogP contribution in [0.15, 0.2) is 34.1 Å². The van der Waals surface area contributed by atoms with Crippen molar-refractivity contribution in [2.24, 2.45) is 0 Å². The second-order valence-corrected chi connectivity index (χ2v) is 8.77. The summed E-state index contributed by atoms with van der Waals surface area (Å²) in [5.74, 6) is 0. The number of hydrogen-bond donors (Lipinski definition) is 2. The van der Waals surface area contributed by atoms with Crippen LogP contribution in [0.2, 0.25) is 0 Å². The fourth-order valence-electron chi connectivity index (χ4n) is 2.08. The van der Waals surface area contributed by atoms with E-state index in [1.54, 1.807) is 0 Å². The maximum Gasteiger partial charge on any atom is 0.402 e. The molecular weight excluding hydrogens is 371 g/mol. The van der Waals surface area contributed by atoms with Crippen molar-refractivity contribution in [3.63, 3.8) is 0 Å². The Morgan fingerprint density at radius 3 is 2.00 bits per heavy atom. The molecule has 1 fully saturated rings. The van der Waals surface area contributed by atoms with E-state index < -0.39 is 37.7 Å². The molecule has 136 valence electrons. The molecule has 7 nitrogen and oxygen atoms in total. The third-order valence-corrected chi connectivity index (χ3v) is 6.64. The normalized spacial score (nSPS) is 17.8. The van der Waals surface area contributed by atoms with Gasteiger partial charge in [-0.05, 0) is 24.3 Å². The Hall–Kier alpha value is -1.21. The quantitative estimate of drug-likeness (QED) is 0.748. The van der Waals surface area contributed by atoms with Crippen LogP contribution in [-0.4, -0.2) is 60.0 Å². The van der Waals surface area contributed by atoms with Crippen LogP contribution in [0, 0.1) is 0 Å². The fraction of sp³-hybridized carbons (Fsp3) is 0.500. The lowest BCUT2D eigenvalue weighted by molar-refractivity contribution is -0.121.